The van der Waals surface area contributed by atoms with Gasteiger partial charge in [-0.05, 0) is 35.0 Å². The summed E-state index contributed by atoms with van der Waals surface area (Å²) in [6.07, 6.45) is 0.348. The average molecular weight is 367 g/mol. The quantitative estimate of drug-likeness (QED) is 0.804. The van der Waals surface area contributed by atoms with Crippen LogP contribution in [0.15, 0.2) is 28.7 Å². The van der Waals surface area contributed by atoms with Crippen LogP contribution in [0.2, 0.25) is 0 Å². The van der Waals surface area contributed by atoms with Crippen molar-refractivity contribution in [1.29, 1.82) is 0 Å². The minimum absolute atomic E-state index is 0.00607. The van der Waals surface area contributed by atoms with Gasteiger partial charge in [0, 0.05) is 30.5 Å². The highest BCUT2D eigenvalue weighted by molar-refractivity contribution is 9.10. The first-order valence-corrected chi connectivity index (χ1v) is 8.31. The summed E-state index contributed by atoms with van der Waals surface area (Å²) in [4.78, 5) is 28.5. The lowest BCUT2D eigenvalue weighted by Crippen LogP contribution is -2.47. The Hall–Kier alpha value is -1.40. The lowest BCUT2D eigenvalue weighted by molar-refractivity contribution is -0.142. The van der Waals surface area contributed by atoms with Crippen molar-refractivity contribution in [2.24, 2.45) is 5.92 Å². The van der Waals surface area contributed by atoms with Crippen LogP contribution in [0.4, 0.5) is 5.69 Å². The predicted molar refractivity (Wildman–Crippen MR) is 86.6 cm³/mol. The Labute approximate surface area is 138 Å². The first-order valence-electron chi connectivity index (χ1n) is 7.51. The number of para-hydroxylation sites is 1. The third kappa shape index (κ3) is 3.03. The third-order valence-corrected chi connectivity index (χ3v) is 4.84. The van der Waals surface area contributed by atoms with Gasteiger partial charge in [-0.15, -0.1) is 0 Å². The van der Waals surface area contributed by atoms with E-state index in [2.05, 4.69) is 15.9 Å². The summed E-state index contributed by atoms with van der Waals surface area (Å²) in [6, 6.07) is 7.60. The molecule has 3 rings (SSSR count). The standard InChI is InChI=1S/C16H19BrN2O3/c1-11-9-18(6-7-22-11)16(21)12-8-15(20)19(10-12)14-5-3-2-4-13(14)17/h2-5,11-12H,6-10H2,1H3. The summed E-state index contributed by atoms with van der Waals surface area (Å²) in [6.45, 7) is 4.21. The van der Waals surface area contributed by atoms with Gasteiger partial charge >= 0.3 is 0 Å². The number of halogens is 1. The fourth-order valence-corrected chi connectivity index (χ4v) is 3.55. The van der Waals surface area contributed by atoms with E-state index in [4.69, 9.17) is 4.74 Å². The van der Waals surface area contributed by atoms with Crippen LogP contribution in [0.1, 0.15) is 13.3 Å². The van der Waals surface area contributed by atoms with Crippen LogP contribution in [0.3, 0.4) is 0 Å². The summed E-state index contributed by atoms with van der Waals surface area (Å²) in [5, 5.41) is 0. The number of nitrogens with zero attached hydrogens (tertiary/aromatic N) is 2. The Balaban J connectivity index is 1.72. The van der Waals surface area contributed by atoms with E-state index in [0.717, 1.165) is 10.2 Å². The highest BCUT2D eigenvalue weighted by Crippen LogP contribution is 2.32. The molecular formula is C16H19BrN2O3. The fourth-order valence-electron chi connectivity index (χ4n) is 3.05. The number of morpholine rings is 1. The van der Waals surface area contributed by atoms with Crippen molar-refractivity contribution in [2.75, 3.05) is 31.1 Å². The van der Waals surface area contributed by atoms with Gasteiger partial charge < -0.3 is 14.5 Å². The SMILES string of the molecule is CC1CN(C(=O)C2CC(=O)N(c3ccccc3Br)C2)CCO1. The fraction of sp³-hybridized carbons (Fsp3) is 0.500. The van der Waals surface area contributed by atoms with Crippen molar-refractivity contribution in [1.82, 2.24) is 4.90 Å². The molecule has 0 aromatic heterocycles. The van der Waals surface area contributed by atoms with Crippen molar-refractivity contribution in [2.45, 2.75) is 19.4 Å². The van der Waals surface area contributed by atoms with Crippen molar-refractivity contribution in [3.63, 3.8) is 0 Å². The van der Waals surface area contributed by atoms with Gasteiger partial charge in [0.05, 0.1) is 24.3 Å². The molecule has 2 fully saturated rings. The summed E-state index contributed by atoms with van der Waals surface area (Å²) in [5.74, 6) is -0.186. The van der Waals surface area contributed by atoms with Crippen LogP contribution < -0.4 is 4.90 Å². The number of carbonyl (C=O) groups excluding carboxylic acids is 2. The van der Waals surface area contributed by atoms with E-state index in [1.165, 1.54) is 0 Å². The first kappa shape index (κ1) is 15.5. The zero-order valence-corrected chi connectivity index (χ0v) is 14.1. The number of rotatable bonds is 2. The molecule has 1 aromatic rings. The van der Waals surface area contributed by atoms with Gasteiger partial charge in [0.25, 0.3) is 0 Å². The lowest BCUT2D eigenvalue weighted by atomic mass is 10.1. The number of anilines is 1. The molecule has 2 aliphatic rings. The van der Waals surface area contributed by atoms with Crippen molar-refractivity contribution < 1.29 is 14.3 Å². The molecular weight excluding hydrogens is 348 g/mol. The maximum Gasteiger partial charge on any atom is 0.228 e. The normalized spacial score (nSPS) is 25.6. The largest absolute Gasteiger partial charge is 0.375 e. The van der Waals surface area contributed by atoms with Gasteiger partial charge in [-0.25, -0.2) is 0 Å². The Kier molecular flexibility index (Phi) is 4.49. The van der Waals surface area contributed by atoms with E-state index in [1.54, 1.807) is 4.90 Å². The molecule has 0 bridgehead atoms. The van der Waals surface area contributed by atoms with Crippen LogP contribution >= 0.6 is 15.9 Å². The van der Waals surface area contributed by atoms with Crippen molar-refractivity contribution >= 4 is 33.4 Å². The predicted octanol–water partition coefficient (Wildman–Crippen LogP) is 2.05. The molecule has 1 aromatic carbocycles. The van der Waals surface area contributed by atoms with Crippen LogP contribution in [-0.2, 0) is 14.3 Å². The van der Waals surface area contributed by atoms with E-state index in [0.29, 0.717) is 26.2 Å². The maximum absolute atomic E-state index is 12.6. The zero-order chi connectivity index (χ0) is 15.7. The van der Waals surface area contributed by atoms with Crippen molar-refractivity contribution in [3.8, 4) is 0 Å². The van der Waals surface area contributed by atoms with Crippen LogP contribution in [0.5, 0.6) is 0 Å². The summed E-state index contributed by atoms with van der Waals surface area (Å²) in [5.41, 5.74) is 0.832. The van der Waals surface area contributed by atoms with Crippen LogP contribution in [-0.4, -0.2) is 49.1 Å². The molecule has 0 spiro atoms. The van der Waals surface area contributed by atoms with E-state index in [1.807, 2.05) is 36.1 Å². The molecule has 0 aliphatic carbocycles. The zero-order valence-electron chi connectivity index (χ0n) is 12.5. The Bertz CT molecular complexity index is 593. The molecule has 2 saturated heterocycles. The van der Waals surface area contributed by atoms with Gasteiger partial charge in [-0.1, -0.05) is 12.1 Å². The van der Waals surface area contributed by atoms with E-state index < -0.39 is 0 Å². The second-order valence-corrected chi connectivity index (χ2v) is 6.68. The van der Waals surface area contributed by atoms with Gasteiger partial charge in [-0.3, -0.25) is 9.59 Å². The Morgan fingerprint density at radius 3 is 2.82 bits per heavy atom. The summed E-state index contributed by atoms with van der Waals surface area (Å²) >= 11 is 3.47. The second-order valence-electron chi connectivity index (χ2n) is 5.82. The van der Waals surface area contributed by atoms with Crippen LogP contribution in [0, 0.1) is 5.92 Å². The van der Waals surface area contributed by atoms with Gasteiger partial charge in [0.15, 0.2) is 0 Å². The van der Waals surface area contributed by atoms with E-state index in [-0.39, 0.29) is 30.3 Å². The average Bonchev–Trinajstić information content (AvgIpc) is 2.89. The Morgan fingerprint density at radius 2 is 2.09 bits per heavy atom. The molecule has 2 unspecified atom stereocenters. The summed E-state index contributed by atoms with van der Waals surface area (Å²) in [7, 11) is 0. The molecule has 0 saturated carbocycles. The molecule has 0 radical (unpaired) electrons. The summed E-state index contributed by atoms with van der Waals surface area (Å²) < 4.78 is 6.34. The highest BCUT2D eigenvalue weighted by atomic mass is 79.9. The number of hydrogen-bond donors (Lipinski definition) is 0. The molecule has 118 valence electrons. The molecule has 2 heterocycles. The number of carbonyl (C=O) groups is 2. The minimum Gasteiger partial charge on any atom is -0.375 e. The molecule has 6 heteroatoms. The molecule has 0 N–H and O–H groups in total. The number of hydrogen-bond acceptors (Lipinski definition) is 3. The Morgan fingerprint density at radius 1 is 1.32 bits per heavy atom. The molecule has 2 amide bonds. The number of benzene rings is 1. The lowest BCUT2D eigenvalue weighted by Gasteiger charge is -2.32. The minimum atomic E-state index is -0.259. The second kappa shape index (κ2) is 6.38. The highest BCUT2D eigenvalue weighted by Gasteiger charge is 2.38. The van der Waals surface area contributed by atoms with Gasteiger partial charge in [0.1, 0.15) is 0 Å². The molecule has 2 atom stereocenters. The molecule has 5 nitrogen and oxygen atoms in total. The monoisotopic (exact) mass is 366 g/mol. The maximum atomic E-state index is 12.6. The van der Waals surface area contributed by atoms with Crippen molar-refractivity contribution in [3.05, 3.63) is 28.7 Å². The molecule has 2 aliphatic heterocycles. The van der Waals surface area contributed by atoms with Crippen LogP contribution in [0.25, 0.3) is 0 Å². The smallest absolute Gasteiger partial charge is 0.228 e. The third-order valence-electron chi connectivity index (χ3n) is 4.17. The number of ether oxygens (including phenoxy) is 1. The van der Waals surface area contributed by atoms with Gasteiger partial charge in [-0.2, -0.15) is 0 Å². The number of amides is 2. The van der Waals surface area contributed by atoms with Gasteiger partial charge in [0.2, 0.25) is 11.8 Å². The topological polar surface area (TPSA) is 49.9 Å². The van der Waals surface area contributed by atoms with E-state index >= 15 is 0 Å². The first-order chi connectivity index (χ1) is 10.6. The van der Waals surface area contributed by atoms with E-state index in [9.17, 15) is 9.59 Å². The molecule has 22 heavy (non-hydrogen) atoms.